The average molecular weight is 268 g/mol. The lowest BCUT2D eigenvalue weighted by Crippen LogP contribution is -2.11. The smallest absolute Gasteiger partial charge is 0.0816 e. The van der Waals surface area contributed by atoms with Gasteiger partial charge in [-0.3, -0.25) is 4.98 Å². The fourth-order valence-corrected chi connectivity index (χ4v) is 3.13. The highest BCUT2D eigenvalue weighted by Crippen LogP contribution is 2.32. The minimum atomic E-state index is 0.924. The lowest BCUT2D eigenvalue weighted by atomic mass is 10.1. The number of rotatable bonds is 4. The van der Waals surface area contributed by atoms with E-state index < -0.39 is 0 Å². The van der Waals surface area contributed by atoms with E-state index in [4.69, 9.17) is 0 Å². The Balaban J connectivity index is 1.96. The summed E-state index contributed by atoms with van der Waals surface area (Å²) < 4.78 is 1.24. The SMILES string of the molecule is CCNCc1cccc(-c2cc3ncccc3s2)c1. The van der Waals surface area contributed by atoms with E-state index in [9.17, 15) is 0 Å². The van der Waals surface area contributed by atoms with Crippen molar-refractivity contribution in [3.63, 3.8) is 0 Å². The molecule has 0 saturated carbocycles. The molecule has 0 aliphatic carbocycles. The van der Waals surface area contributed by atoms with Crippen LogP contribution in [0.15, 0.2) is 48.7 Å². The van der Waals surface area contributed by atoms with Gasteiger partial charge in [-0.1, -0.05) is 25.1 Å². The molecule has 2 aromatic heterocycles. The highest BCUT2D eigenvalue weighted by molar-refractivity contribution is 7.22. The summed E-state index contributed by atoms with van der Waals surface area (Å²) in [7, 11) is 0. The van der Waals surface area contributed by atoms with Gasteiger partial charge in [0.1, 0.15) is 0 Å². The van der Waals surface area contributed by atoms with Crippen molar-refractivity contribution in [1.29, 1.82) is 0 Å². The molecule has 0 saturated heterocycles. The van der Waals surface area contributed by atoms with E-state index in [-0.39, 0.29) is 0 Å². The molecular formula is C16H16N2S. The number of benzene rings is 1. The molecule has 0 bridgehead atoms. The average Bonchev–Trinajstić information content (AvgIpc) is 2.89. The molecule has 0 fully saturated rings. The molecule has 2 nitrogen and oxygen atoms in total. The normalized spacial score (nSPS) is 11.0. The van der Waals surface area contributed by atoms with E-state index in [0.717, 1.165) is 18.6 Å². The van der Waals surface area contributed by atoms with Crippen LogP contribution in [0.4, 0.5) is 0 Å². The van der Waals surface area contributed by atoms with Crippen LogP contribution in [0, 0.1) is 0 Å². The zero-order chi connectivity index (χ0) is 13.1. The Hall–Kier alpha value is -1.71. The van der Waals surface area contributed by atoms with Crippen LogP contribution in [-0.2, 0) is 6.54 Å². The first-order chi connectivity index (χ1) is 9.36. The summed E-state index contributed by atoms with van der Waals surface area (Å²) in [6.45, 7) is 4.05. The molecule has 19 heavy (non-hydrogen) atoms. The van der Waals surface area contributed by atoms with Crippen molar-refractivity contribution in [3.05, 3.63) is 54.2 Å². The Morgan fingerprint density at radius 2 is 2.11 bits per heavy atom. The van der Waals surface area contributed by atoms with E-state index in [2.05, 4.69) is 53.6 Å². The third-order valence-electron chi connectivity index (χ3n) is 3.08. The third kappa shape index (κ3) is 2.67. The van der Waals surface area contributed by atoms with Gasteiger partial charge in [0.15, 0.2) is 0 Å². The van der Waals surface area contributed by atoms with E-state index in [1.54, 1.807) is 11.3 Å². The topological polar surface area (TPSA) is 24.9 Å². The molecule has 3 aromatic rings. The van der Waals surface area contributed by atoms with Gasteiger partial charge in [-0.25, -0.2) is 0 Å². The van der Waals surface area contributed by atoms with E-state index in [1.807, 2.05) is 12.3 Å². The molecule has 96 valence electrons. The Kier molecular flexibility index (Phi) is 3.58. The van der Waals surface area contributed by atoms with Crippen molar-refractivity contribution in [3.8, 4) is 10.4 Å². The van der Waals surface area contributed by atoms with Gasteiger partial charge in [0.2, 0.25) is 0 Å². The second-order valence-electron chi connectivity index (χ2n) is 4.48. The maximum atomic E-state index is 4.40. The Morgan fingerprint density at radius 3 is 2.95 bits per heavy atom. The van der Waals surface area contributed by atoms with Gasteiger partial charge in [0.25, 0.3) is 0 Å². The molecule has 3 rings (SSSR count). The number of nitrogens with zero attached hydrogens (tertiary/aromatic N) is 1. The number of hydrogen-bond donors (Lipinski definition) is 1. The number of aromatic nitrogens is 1. The second kappa shape index (κ2) is 5.51. The van der Waals surface area contributed by atoms with Crippen molar-refractivity contribution in [2.24, 2.45) is 0 Å². The summed E-state index contributed by atoms with van der Waals surface area (Å²) in [4.78, 5) is 5.68. The lowest BCUT2D eigenvalue weighted by molar-refractivity contribution is 0.727. The second-order valence-corrected chi connectivity index (χ2v) is 5.56. The van der Waals surface area contributed by atoms with Crippen LogP contribution in [0.5, 0.6) is 0 Å². The molecule has 1 aromatic carbocycles. The van der Waals surface area contributed by atoms with Crippen molar-refractivity contribution in [2.45, 2.75) is 13.5 Å². The van der Waals surface area contributed by atoms with Crippen LogP contribution < -0.4 is 5.32 Å². The molecule has 2 heterocycles. The van der Waals surface area contributed by atoms with Crippen LogP contribution in [-0.4, -0.2) is 11.5 Å². The summed E-state index contributed by atoms with van der Waals surface area (Å²) in [6.07, 6.45) is 1.85. The van der Waals surface area contributed by atoms with Crippen LogP contribution in [0.2, 0.25) is 0 Å². The van der Waals surface area contributed by atoms with Gasteiger partial charge in [-0.05, 0) is 41.9 Å². The third-order valence-corrected chi connectivity index (χ3v) is 4.22. The van der Waals surface area contributed by atoms with Crippen molar-refractivity contribution in [1.82, 2.24) is 10.3 Å². The fourth-order valence-electron chi connectivity index (χ4n) is 2.12. The Morgan fingerprint density at radius 1 is 1.16 bits per heavy atom. The first-order valence-electron chi connectivity index (χ1n) is 6.51. The van der Waals surface area contributed by atoms with E-state index in [0.29, 0.717) is 0 Å². The molecule has 0 atom stereocenters. The zero-order valence-corrected chi connectivity index (χ0v) is 11.7. The molecule has 0 unspecified atom stereocenters. The molecule has 1 N–H and O–H groups in total. The van der Waals surface area contributed by atoms with Gasteiger partial charge in [0, 0.05) is 17.6 Å². The highest BCUT2D eigenvalue weighted by Gasteiger charge is 2.05. The molecule has 0 radical (unpaired) electrons. The Labute approximate surface area is 117 Å². The molecular weight excluding hydrogens is 252 g/mol. The number of nitrogens with one attached hydrogen (secondary N) is 1. The minimum absolute atomic E-state index is 0.924. The number of pyridine rings is 1. The fraction of sp³-hybridized carbons (Fsp3) is 0.188. The molecule has 0 aliphatic heterocycles. The summed E-state index contributed by atoms with van der Waals surface area (Å²) in [5.74, 6) is 0. The largest absolute Gasteiger partial charge is 0.313 e. The lowest BCUT2D eigenvalue weighted by Gasteiger charge is -2.04. The monoisotopic (exact) mass is 268 g/mol. The zero-order valence-electron chi connectivity index (χ0n) is 10.9. The minimum Gasteiger partial charge on any atom is -0.313 e. The van der Waals surface area contributed by atoms with Crippen molar-refractivity contribution >= 4 is 21.6 Å². The van der Waals surface area contributed by atoms with E-state index in [1.165, 1.54) is 20.7 Å². The van der Waals surface area contributed by atoms with Crippen LogP contribution in [0.1, 0.15) is 12.5 Å². The maximum absolute atomic E-state index is 4.40. The van der Waals surface area contributed by atoms with Gasteiger partial charge >= 0.3 is 0 Å². The molecule has 0 aliphatic rings. The summed E-state index contributed by atoms with van der Waals surface area (Å²) in [5, 5.41) is 3.36. The summed E-state index contributed by atoms with van der Waals surface area (Å²) in [6, 6.07) is 15.0. The standard InChI is InChI=1S/C16H16N2S/c1-2-17-11-12-5-3-6-13(9-12)16-10-14-15(19-16)7-4-8-18-14/h3-10,17H,2,11H2,1H3. The number of fused-ring (bicyclic) bond motifs is 1. The van der Waals surface area contributed by atoms with Crippen molar-refractivity contribution in [2.75, 3.05) is 6.54 Å². The van der Waals surface area contributed by atoms with Crippen LogP contribution >= 0.6 is 11.3 Å². The summed E-state index contributed by atoms with van der Waals surface area (Å²) >= 11 is 1.80. The van der Waals surface area contributed by atoms with Gasteiger partial charge in [-0.2, -0.15) is 0 Å². The number of hydrogen-bond acceptors (Lipinski definition) is 3. The predicted molar refractivity (Wildman–Crippen MR) is 82.4 cm³/mol. The van der Waals surface area contributed by atoms with E-state index >= 15 is 0 Å². The van der Waals surface area contributed by atoms with Crippen LogP contribution in [0.25, 0.3) is 20.7 Å². The molecule has 3 heteroatoms. The number of thiophene rings is 1. The van der Waals surface area contributed by atoms with Crippen LogP contribution in [0.3, 0.4) is 0 Å². The quantitative estimate of drug-likeness (QED) is 0.771. The maximum Gasteiger partial charge on any atom is 0.0816 e. The summed E-state index contributed by atoms with van der Waals surface area (Å²) in [5.41, 5.74) is 3.68. The predicted octanol–water partition coefficient (Wildman–Crippen LogP) is 4.07. The first kappa shape index (κ1) is 12.3. The highest BCUT2D eigenvalue weighted by atomic mass is 32.1. The first-order valence-corrected chi connectivity index (χ1v) is 7.33. The molecule has 0 amide bonds. The Bertz CT molecular complexity index is 655. The van der Waals surface area contributed by atoms with Crippen molar-refractivity contribution < 1.29 is 0 Å². The van der Waals surface area contributed by atoms with Gasteiger partial charge in [0.05, 0.1) is 10.2 Å². The van der Waals surface area contributed by atoms with Gasteiger partial charge < -0.3 is 5.32 Å². The molecule has 0 spiro atoms. The van der Waals surface area contributed by atoms with Gasteiger partial charge in [-0.15, -0.1) is 11.3 Å².